The molecule has 1 aromatic carbocycles. The molecule has 14 heavy (non-hydrogen) atoms. The molecule has 0 fully saturated rings. The third kappa shape index (κ3) is 1.11. The quantitative estimate of drug-likeness (QED) is 0.618. The van der Waals surface area contributed by atoms with Crippen molar-refractivity contribution in [3.8, 4) is 0 Å². The SMILES string of the molecule is C1=C2N=c3ccccc3=C2CCNC1. The molecule has 0 saturated heterocycles. The maximum Gasteiger partial charge on any atom is 0.0712 e. The molecular formula is C12H12N2. The van der Waals surface area contributed by atoms with Crippen LogP contribution in [0.25, 0.3) is 5.57 Å². The number of nitrogens with zero attached hydrogens (tertiary/aromatic N) is 1. The zero-order chi connectivity index (χ0) is 9.38. The van der Waals surface area contributed by atoms with E-state index in [4.69, 9.17) is 0 Å². The molecule has 0 atom stereocenters. The average molecular weight is 184 g/mol. The van der Waals surface area contributed by atoms with Gasteiger partial charge in [-0.2, -0.15) is 0 Å². The Morgan fingerprint density at radius 3 is 3.14 bits per heavy atom. The zero-order valence-corrected chi connectivity index (χ0v) is 7.96. The molecule has 70 valence electrons. The number of allylic oxidation sites excluding steroid dienone is 1. The van der Waals surface area contributed by atoms with E-state index in [0.717, 1.165) is 24.9 Å². The molecule has 2 aliphatic rings. The first-order valence-corrected chi connectivity index (χ1v) is 5.03. The Bertz CT molecular complexity index is 511. The van der Waals surface area contributed by atoms with Gasteiger partial charge in [0, 0.05) is 11.8 Å². The fourth-order valence-electron chi connectivity index (χ4n) is 2.08. The fraction of sp³-hybridized carbons (Fsp3) is 0.250. The van der Waals surface area contributed by atoms with Gasteiger partial charge in [-0.3, -0.25) is 0 Å². The van der Waals surface area contributed by atoms with Gasteiger partial charge in [-0.15, -0.1) is 0 Å². The number of fused-ring (bicyclic) bond motifs is 2. The van der Waals surface area contributed by atoms with Gasteiger partial charge in [0.2, 0.25) is 0 Å². The summed E-state index contributed by atoms with van der Waals surface area (Å²) in [4.78, 5) is 4.62. The van der Waals surface area contributed by atoms with Crippen molar-refractivity contribution >= 4 is 5.57 Å². The van der Waals surface area contributed by atoms with Crippen LogP contribution in [-0.4, -0.2) is 13.1 Å². The van der Waals surface area contributed by atoms with Crippen LogP contribution >= 0.6 is 0 Å². The van der Waals surface area contributed by atoms with E-state index < -0.39 is 0 Å². The normalized spacial score (nSPS) is 19.1. The van der Waals surface area contributed by atoms with Gasteiger partial charge in [0.25, 0.3) is 0 Å². The number of rotatable bonds is 0. The third-order valence-electron chi connectivity index (χ3n) is 2.77. The van der Waals surface area contributed by atoms with Crippen LogP contribution in [0.15, 0.2) is 41.0 Å². The van der Waals surface area contributed by atoms with Gasteiger partial charge >= 0.3 is 0 Å². The molecule has 0 aromatic heterocycles. The largest absolute Gasteiger partial charge is 0.313 e. The Kier molecular flexibility index (Phi) is 1.74. The van der Waals surface area contributed by atoms with E-state index in [0.29, 0.717) is 0 Å². The lowest BCUT2D eigenvalue weighted by Gasteiger charge is -1.98. The molecule has 2 aliphatic heterocycles. The molecule has 0 radical (unpaired) electrons. The molecule has 2 heterocycles. The molecule has 2 nitrogen and oxygen atoms in total. The van der Waals surface area contributed by atoms with Crippen LogP contribution in [0.4, 0.5) is 0 Å². The van der Waals surface area contributed by atoms with E-state index in [2.05, 4.69) is 34.6 Å². The summed E-state index contributed by atoms with van der Waals surface area (Å²) in [7, 11) is 0. The monoisotopic (exact) mass is 184 g/mol. The molecule has 1 aromatic rings. The summed E-state index contributed by atoms with van der Waals surface area (Å²) in [5.41, 5.74) is 2.59. The Morgan fingerprint density at radius 2 is 2.14 bits per heavy atom. The Hall–Kier alpha value is -1.41. The smallest absolute Gasteiger partial charge is 0.0712 e. The van der Waals surface area contributed by atoms with Crippen molar-refractivity contribution in [1.82, 2.24) is 5.32 Å². The van der Waals surface area contributed by atoms with Gasteiger partial charge in [0.1, 0.15) is 0 Å². The second-order valence-electron chi connectivity index (χ2n) is 3.65. The lowest BCUT2D eigenvalue weighted by molar-refractivity contribution is 0.773. The third-order valence-corrected chi connectivity index (χ3v) is 2.77. The van der Waals surface area contributed by atoms with Crippen molar-refractivity contribution in [3.05, 3.63) is 46.6 Å². The maximum absolute atomic E-state index is 4.62. The highest BCUT2D eigenvalue weighted by Crippen LogP contribution is 2.18. The highest BCUT2D eigenvalue weighted by molar-refractivity contribution is 5.66. The van der Waals surface area contributed by atoms with E-state index in [9.17, 15) is 0 Å². The van der Waals surface area contributed by atoms with Crippen LogP contribution in [0.2, 0.25) is 0 Å². The van der Waals surface area contributed by atoms with Crippen molar-refractivity contribution in [2.45, 2.75) is 6.42 Å². The molecule has 0 bridgehead atoms. The summed E-state index contributed by atoms with van der Waals surface area (Å²) >= 11 is 0. The van der Waals surface area contributed by atoms with Crippen LogP contribution in [-0.2, 0) is 0 Å². The number of hydrogen-bond acceptors (Lipinski definition) is 2. The van der Waals surface area contributed by atoms with Crippen LogP contribution in [0.1, 0.15) is 6.42 Å². The minimum absolute atomic E-state index is 0.941. The van der Waals surface area contributed by atoms with Crippen LogP contribution in [0.3, 0.4) is 0 Å². The van der Waals surface area contributed by atoms with Gasteiger partial charge in [-0.05, 0) is 30.7 Å². The summed E-state index contributed by atoms with van der Waals surface area (Å²) in [6.45, 7) is 2.00. The van der Waals surface area contributed by atoms with Crippen molar-refractivity contribution in [2.75, 3.05) is 13.1 Å². The minimum atomic E-state index is 0.941. The summed E-state index contributed by atoms with van der Waals surface area (Å²) in [6, 6.07) is 8.39. The number of hydrogen-bond donors (Lipinski definition) is 1. The number of nitrogens with one attached hydrogen (secondary N) is 1. The van der Waals surface area contributed by atoms with Crippen molar-refractivity contribution in [2.24, 2.45) is 4.99 Å². The number of para-hydroxylation sites is 1. The first-order valence-electron chi connectivity index (χ1n) is 5.03. The van der Waals surface area contributed by atoms with E-state index in [-0.39, 0.29) is 0 Å². The van der Waals surface area contributed by atoms with Crippen LogP contribution in [0, 0.1) is 0 Å². The molecule has 1 N–H and O–H groups in total. The molecule has 2 heteroatoms. The van der Waals surface area contributed by atoms with Crippen molar-refractivity contribution in [1.29, 1.82) is 0 Å². The standard InChI is InChI=1S/C12H12N2/c1-2-4-11-9(3-1)10-5-7-13-8-6-12(10)14-11/h1-4,6,13H,5,7-8H2. The van der Waals surface area contributed by atoms with Crippen LogP contribution < -0.4 is 15.9 Å². The average Bonchev–Trinajstić information content (AvgIpc) is 2.42. The molecular weight excluding hydrogens is 172 g/mol. The highest BCUT2D eigenvalue weighted by Gasteiger charge is 2.13. The van der Waals surface area contributed by atoms with E-state index in [1.54, 1.807) is 0 Å². The second kappa shape index (κ2) is 3.07. The lowest BCUT2D eigenvalue weighted by atomic mass is 10.1. The predicted octanol–water partition coefficient (Wildman–Crippen LogP) is 0.348. The summed E-state index contributed by atoms with van der Waals surface area (Å²) in [5, 5.41) is 5.81. The lowest BCUT2D eigenvalue weighted by Crippen LogP contribution is -2.23. The summed E-state index contributed by atoms with van der Waals surface area (Å²) < 4.78 is 0. The van der Waals surface area contributed by atoms with Gasteiger partial charge in [-0.1, -0.05) is 18.2 Å². The first-order chi connectivity index (χ1) is 6.95. The van der Waals surface area contributed by atoms with Gasteiger partial charge in [-0.25, -0.2) is 4.99 Å². The second-order valence-corrected chi connectivity index (χ2v) is 3.65. The van der Waals surface area contributed by atoms with Crippen molar-refractivity contribution < 1.29 is 0 Å². The maximum atomic E-state index is 4.62. The molecule has 0 aliphatic carbocycles. The molecule has 0 saturated carbocycles. The topological polar surface area (TPSA) is 24.4 Å². The molecule has 3 rings (SSSR count). The summed E-state index contributed by atoms with van der Waals surface area (Å²) in [5.74, 6) is 0. The van der Waals surface area contributed by atoms with E-state index >= 15 is 0 Å². The Labute approximate surface area is 82.7 Å². The summed E-state index contributed by atoms with van der Waals surface area (Å²) in [6.07, 6.45) is 3.27. The van der Waals surface area contributed by atoms with Gasteiger partial charge in [0.15, 0.2) is 0 Å². The fourth-order valence-corrected chi connectivity index (χ4v) is 2.08. The predicted molar refractivity (Wildman–Crippen MR) is 56.2 cm³/mol. The molecule has 0 spiro atoms. The highest BCUT2D eigenvalue weighted by atomic mass is 14.9. The molecule has 0 unspecified atom stereocenters. The van der Waals surface area contributed by atoms with Crippen LogP contribution in [0.5, 0.6) is 0 Å². The Morgan fingerprint density at radius 1 is 1.21 bits per heavy atom. The van der Waals surface area contributed by atoms with Crippen molar-refractivity contribution in [3.63, 3.8) is 0 Å². The number of benzene rings is 1. The molecule has 0 amide bonds. The zero-order valence-electron chi connectivity index (χ0n) is 7.96. The first kappa shape index (κ1) is 7.94. The van der Waals surface area contributed by atoms with E-state index in [1.807, 2.05) is 6.07 Å². The van der Waals surface area contributed by atoms with E-state index in [1.165, 1.54) is 16.5 Å². The van der Waals surface area contributed by atoms with Gasteiger partial charge in [0.05, 0.1) is 11.1 Å². The van der Waals surface area contributed by atoms with Gasteiger partial charge < -0.3 is 5.32 Å². The Balaban J connectivity index is 2.33. The minimum Gasteiger partial charge on any atom is -0.313 e.